The normalized spacial score (nSPS) is 13.9. The number of hydrogen-bond acceptors (Lipinski definition) is 4. The summed E-state index contributed by atoms with van der Waals surface area (Å²) in [6.07, 6.45) is 1.02. The summed E-state index contributed by atoms with van der Waals surface area (Å²) in [6.45, 7) is 6.22. The van der Waals surface area contributed by atoms with Crippen molar-refractivity contribution in [1.29, 1.82) is 0 Å². The van der Waals surface area contributed by atoms with Crippen molar-refractivity contribution in [3.8, 4) is 11.1 Å². The van der Waals surface area contributed by atoms with E-state index in [0.717, 1.165) is 35.5 Å². The lowest BCUT2D eigenvalue weighted by Gasteiger charge is -2.30. The van der Waals surface area contributed by atoms with Gasteiger partial charge in [0.1, 0.15) is 10.6 Å². The molecule has 2 aromatic carbocycles. The molecule has 1 aliphatic heterocycles. The van der Waals surface area contributed by atoms with Crippen LogP contribution in [0.25, 0.3) is 21.3 Å². The van der Waals surface area contributed by atoms with Gasteiger partial charge in [-0.25, -0.2) is 4.98 Å². The number of hydrogen-bond donors (Lipinski definition) is 0. The molecule has 0 bridgehead atoms. The van der Waals surface area contributed by atoms with E-state index >= 15 is 0 Å². The second-order valence-electron chi connectivity index (χ2n) is 7.86. The van der Waals surface area contributed by atoms with Crippen molar-refractivity contribution in [2.75, 3.05) is 11.4 Å². The number of halogens is 1. The summed E-state index contributed by atoms with van der Waals surface area (Å²) in [4.78, 5) is 12.5. The number of benzene rings is 2. The van der Waals surface area contributed by atoms with E-state index < -0.39 is 0 Å². The van der Waals surface area contributed by atoms with Gasteiger partial charge >= 0.3 is 0 Å². The van der Waals surface area contributed by atoms with Gasteiger partial charge in [0.05, 0.1) is 5.39 Å². The zero-order chi connectivity index (χ0) is 20.0. The maximum atomic E-state index is 6.31. The highest BCUT2D eigenvalue weighted by molar-refractivity contribution is 7.17. The lowest BCUT2D eigenvalue weighted by Crippen LogP contribution is -2.31. The summed E-state index contributed by atoms with van der Waals surface area (Å²) in [7, 11) is 0. The highest BCUT2D eigenvalue weighted by Crippen LogP contribution is 2.40. The third-order valence-corrected chi connectivity index (χ3v) is 6.75. The van der Waals surface area contributed by atoms with Crippen LogP contribution in [0.3, 0.4) is 0 Å². The van der Waals surface area contributed by atoms with Crippen molar-refractivity contribution in [3.05, 3.63) is 75.9 Å². The van der Waals surface area contributed by atoms with Gasteiger partial charge < -0.3 is 4.90 Å². The Hall–Kier alpha value is -2.43. The molecule has 4 aromatic rings. The Morgan fingerprint density at radius 2 is 1.76 bits per heavy atom. The van der Waals surface area contributed by atoms with E-state index in [1.807, 2.05) is 0 Å². The predicted octanol–water partition coefficient (Wildman–Crippen LogP) is 6.70. The quantitative estimate of drug-likeness (QED) is 0.346. The van der Waals surface area contributed by atoms with Crippen LogP contribution < -0.4 is 4.90 Å². The van der Waals surface area contributed by atoms with E-state index in [1.165, 1.54) is 27.8 Å². The zero-order valence-corrected chi connectivity index (χ0v) is 18.1. The minimum Gasteiger partial charge on any atom is -0.351 e. The molecule has 5 rings (SSSR count). The first-order chi connectivity index (χ1) is 14.1. The van der Waals surface area contributed by atoms with E-state index in [4.69, 9.17) is 11.6 Å². The number of nitrogens with zero attached hydrogens (tertiary/aromatic N) is 3. The Bertz CT molecular complexity index is 1180. The van der Waals surface area contributed by atoms with Crippen molar-refractivity contribution in [3.63, 3.8) is 0 Å². The molecule has 0 fully saturated rings. The maximum absolute atomic E-state index is 6.31. The summed E-state index contributed by atoms with van der Waals surface area (Å²) < 4.78 is 0. The van der Waals surface area contributed by atoms with Crippen LogP contribution in [0.5, 0.6) is 0 Å². The van der Waals surface area contributed by atoms with E-state index in [-0.39, 0.29) is 0 Å². The summed E-state index contributed by atoms with van der Waals surface area (Å²) in [5.74, 6) is 1.47. The highest BCUT2D eigenvalue weighted by atomic mass is 35.5. The molecule has 0 atom stereocenters. The number of anilines is 1. The van der Waals surface area contributed by atoms with Gasteiger partial charge in [0.2, 0.25) is 5.28 Å². The monoisotopic (exact) mass is 419 g/mol. The summed E-state index contributed by atoms with van der Waals surface area (Å²) in [6, 6.07) is 17.5. The van der Waals surface area contributed by atoms with Crippen LogP contribution in [0.15, 0.2) is 53.9 Å². The molecule has 2 aromatic heterocycles. The molecule has 29 heavy (non-hydrogen) atoms. The number of aromatic nitrogens is 2. The molecule has 146 valence electrons. The molecule has 0 radical (unpaired) electrons. The van der Waals surface area contributed by atoms with Gasteiger partial charge in [0.15, 0.2) is 0 Å². The molecule has 0 N–H and O–H groups in total. The van der Waals surface area contributed by atoms with E-state index in [9.17, 15) is 0 Å². The van der Waals surface area contributed by atoms with E-state index in [0.29, 0.717) is 11.2 Å². The number of rotatable bonds is 3. The Balaban J connectivity index is 1.62. The molecule has 5 heteroatoms. The molecule has 0 unspecified atom stereocenters. The van der Waals surface area contributed by atoms with Crippen LogP contribution in [0.4, 0.5) is 5.82 Å². The van der Waals surface area contributed by atoms with Gasteiger partial charge in [-0.2, -0.15) is 4.98 Å². The highest BCUT2D eigenvalue weighted by Gasteiger charge is 2.23. The lowest BCUT2D eigenvalue weighted by molar-refractivity contribution is 0.723. The zero-order valence-electron chi connectivity index (χ0n) is 16.5. The molecule has 1 aliphatic rings. The summed E-state index contributed by atoms with van der Waals surface area (Å²) in [5.41, 5.74) is 6.52. The van der Waals surface area contributed by atoms with Gasteiger partial charge in [-0.1, -0.05) is 62.4 Å². The van der Waals surface area contributed by atoms with Crippen LogP contribution in [-0.4, -0.2) is 16.5 Å². The second-order valence-corrected chi connectivity index (χ2v) is 9.06. The summed E-state index contributed by atoms with van der Waals surface area (Å²) >= 11 is 7.95. The fourth-order valence-electron chi connectivity index (χ4n) is 4.06. The maximum Gasteiger partial charge on any atom is 0.225 e. The van der Waals surface area contributed by atoms with Gasteiger partial charge in [0, 0.05) is 24.0 Å². The molecule has 3 heterocycles. The molecule has 0 aliphatic carbocycles. The molecular formula is C24H22ClN3S. The fraction of sp³-hybridized carbons (Fsp3) is 0.250. The molecular weight excluding hydrogens is 398 g/mol. The van der Waals surface area contributed by atoms with E-state index in [1.54, 1.807) is 11.3 Å². The summed E-state index contributed by atoms with van der Waals surface area (Å²) in [5, 5.41) is 3.60. The van der Waals surface area contributed by atoms with Crippen molar-refractivity contribution >= 4 is 39.0 Å². The Labute approximate surface area is 180 Å². The van der Waals surface area contributed by atoms with Crippen molar-refractivity contribution < 1.29 is 0 Å². The van der Waals surface area contributed by atoms with Crippen LogP contribution >= 0.6 is 22.9 Å². The molecule has 0 spiro atoms. The predicted molar refractivity (Wildman–Crippen MR) is 123 cm³/mol. The minimum absolute atomic E-state index is 0.315. The second kappa shape index (κ2) is 7.43. The van der Waals surface area contributed by atoms with E-state index in [2.05, 4.69) is 82.6 Å². The van der Waals surface area contributed by atoms with Gasteiger partial charge in [-0.15, -0.1) is 11.3 Å². The first-order valence-electron chi connectivity index (χ1n) is 9.97. The Morgan fingerprint density at radius 1 is 1.00 bits per heavy atom. The first-order valence-corrected chi connectivity index (χ1v) is 11.2. The molecule has 0 saturated carbocycles. The third-order valence-electron chi connectivity index (χ3n) is 5.71. The van der Waals surface area contributed by atoms with Crippen molar-refractivity contribution in [1.82, 2.24) is 9.97 Å². The van der Waals surface area contributed by atoms with Crippen molar-refractivity contribution in [2.45, 2.75) is 32.7 Å². The SMILES string of the molecule is CC(C)c1ccc(-c2csc3nc(Cl)nc(N4CCc5ccccc5C4)c23)cc1. The average Bonchev–Trinajstić information content (AvgIpc) is 3.16. The van der Waals surface area contributed by atoms with Gasteiger partial charge in [-0.05, 0) is 46.2 Å². The minimum atomic E-state index is 0.315. The van der Waals surface area contributed by atoms with Gasteiger partial charge in [-0.3, -0.25) is 0 Å². The molecule has 0 amide bonds. The topological polar surface area (TPSA) is 29.0 Å². The fourth-order valence-corrected chi connectivity index (χ4v) is 5.22. The average molecular weight is 420 g/mol. The Morgan fingerprint density at radius 3 is 2.52 bits per heavy atom. The molecule has 3 nitrogen and oxygen atoms in total. The third kappa shape index (κ3) is 3.41. The number of thiophene rings is 1. The largest absolute Gasteiger partial charge is 0.351 e. The smallest absolute Gasteiger partial charge is 0.225 e. The first kappa shape index (κ1) is 18.6. The van der Waals surface area contributed by atoms with Crippen LogP contribution in [0, 0.1) is 0 Å². The van der Waals surface area contributed by atoms with Crippen LogP contribution in [-0.2, 0) is 13.0 Å². The van der Waals surface area contributed by atoms with Crippen LogP contribution in [0.2, 0.25) is 5.28 Å². The Kier molecular flexibility index (Phi) is 4.76. The van der Waals surface area contributed by atoms with Gasteiger partial charge in [0.25, 0.3) is 0 Å². The standard InChI is InChI=1S/C24H22ClN3S/c1-15(2)16-7-9-18(10-8-16)20-14-29-23-21(20)22(26-24(25)27-23)28-12-11-17-5-3-4-6-19(17)13-28/h3-10,14-15H,11-13H2,1-2H3. The molecule has 0 saturated heterocycles. The van der Waals surface area contributed by atoms with Crippen LogP contribution in [0.1, 0.15) is 36.5 Å². The lowest BCUT2D eigenvalue weighted by atomic mass is 9.98. The van der Waals surface area contributed by atoms with Crippen molar-refractivity contribution in [2.24, 2.45) is 0 Å². The number of fused-ring (bicyclic) bond motifs is 2.